The van der Waals surface area contributed by atoms with Gasteiger partial charge in [0.25, 0.3) is 0 Å². The summed E-state index contributed by atoms with van der Waals surface area (Å²) >= 11 is 9.37. The minimum Gasteiger partial charge on any atom is -0.370 e. The van der Waals surface area contributed by atoms with Gasteiger partial charge in [0.2, 0.25) is 5.91 Å². The van der Waals surface area contributed by atoms with Gasteiger partial charge in [0.05, 0.1) is 17.7 Å². The summed E-state index contributed by atoms with van der Waals surface area (Å²) in [6.45, 7) is 0. The maximum Gasteiger partial charge on any atom is 0.221 e. The van der Waals surface area contributed by atoms with Crippen LogP contribution in [0, 0.1) is 11.6 Å². The monoisotopic (exact) mass is 441 g/mol. The second kappa shape index (κ2) is 7.25. The van der Waals surface area contributed by atoms with Crippen LogP contribution in [-0.2, 0) is 4.79 Å². The highest BCUT2D eigenvalue weighted by molar-refractivity contribution is 9.11. The van der Waals surface area contributed by atoms with Gasteiger partial charge in [-0.1, -0.05) is 17.7 Å². The third-order valence-corrected chi connectivity index (χ3v) is 5.37. The van der Waals surface area contributed by atoms with Gasteiger partial charge in [-0.3, -0.25) is 4.79 Å². The van der Waals surface area contributed by atoms with Gasteiger partial charge < -0.3 is 15.5 Å². The first-order valence-electron chi connectivity index (χ1n) is 7.71. The second-order valence-electron chi connectivity index (χ2n) is 5.84. The molecule has 1 aliphatic heterocycles. The van der Waals surface area contributed by atoms with E-state index < -0.39 is 23.7 Å². The van der Waals surface area contributed by atoms with Crippen molar-refractivity contribution in [2.45, 2.75) is 12.6 Å². The Morgan fingerprint density at radius 2 is 1.77 bits per heavy atom. The molecule has 1 atom stereocenters. The highest BCUT2D eigenvalue weighted by atomic mass is 79.9. The lowest BCUT2D eigenvalue weighted by atomic mass is 10.1. The Morgan fingerprint density at radius 1 is 1.19 bits per heavy atom. The molecule has 2 aromatic carbocycles. The zero-order valence-electron chi connectivity index (χ0n) is 13.7. The van der Waals surface area contributed by atoms with Gasteiger partial charge in [-0.25, -0.2) is 8.78 Å². The molecule has 4 nitrogen and oxygen atoms in total. The molecule has 0 fully saturated rings. The van der Waals surface area contributed by atoms with Crippen molar-refractivity contribution < 1.29 is 13.6 Å². The van der Waals surface area contributed by atoms with Crippen molar-refractivity contribution in [2.24, 2.45) is 5.73 Å². The van der Waals surface area contributed by atoms with E-state index in [1.54, 1.807) is 41.1 Å². The molecule has 0 aromatic heterocycles. The number of rotatable bonds is 4. The van der Waals surface area contributed by atoms with Gasteiger partial charge in [-0.05, 0) is 52.3 Å². The van der Waals surface area contributed by atoms with Crippen LogP contribution in [0.5, 0.6) is 0 Å². The third-order valence-electron chi connectivity index (χ3n) is 4.18. The van der Waals surface area contributed by atoms with E-state index >= 15 is 0 Å². The smallest absolute Gasteiger partial charge is 0.221 e. The van der Waals surface area contributed by atoms with E-state index in [1.165, 1.54) is 18.2 Å². The number of halogens is 4. The molecular weight excluding hydrogens is 428 g/mol. The minimum absolute atomic E-state index is 0.0339. The lowest BCUT2D eigenvalue weighted by molar-refractivity contribution is -0.118. The highest BCUT2D eigenvalue weighted by Gasteiger charge is 2.39. The van der Waals surface area contributed by atoms with Gasteiger partial charge >= 0.3 is 0 Å². The summed E-state index contributed by atoms with van der Waals surface area (Å²) in [6.07, 6.45) is -0.578. The third kappa shape index (κ3) is 3.29. The molecule has 1 aliphatic rings. The number of hydrogen-bond acceptors (Lipinski definition) is 3. The van der Waals surface area contributed by atoms with E-state index in [4.69, 9.17) is 17.3 Å². The van der Waals surface area contributed by atoms with Crippen LogP contribution in [0.4, 0.5) is 14.5 Å². The van der Waals surface area contributed by atoms with Crippen molar-refractivity contribution in [3.05, 3.63) is 69.3 Å². The van der Waals surface area contributed by atoms with Gasteiger partial charge in [-0.15, -0.1) is 0 Å². The molecule has 0 bridgehead atoms. The maximum absolute atomic E-state index is 14.5. The summed E-state index contributed by atoms with van der Waals surface area (Å²) in [5.74, 6) is -1.94. The van der Waals surface area contributed by atoms with E-state index in [0.29, 0.717) is 15.3 Å². The molecule has 26 heavy (non-hydrogen) atoms. The summed E-state index contributed by atoms with van der Waals surface area (Å²) in [5.41, 5.74) is 6.11. The summed E-state index contributed by atoms with van der Waals surface area (Å²) in [4.78, 5) is 15.0. The molecule has 0 aliphatic carbocycles. The second-order valence-corrected chi connectivity index (χ2v) is 7.03. The van der Waals surface area contributed by atoms with Crippen molar-refractivity contribution in [3.8, 4) is 0 Å². The molecule has 2 aromatic rings. The lowest BCUT2D eigenvalue weighted by Crippen LogP contribution is -2.41. The minimum atomic E-state index is -0.705. The topological polar surface area (TPSA) is 49.6 Å². The normalized spacial score (nSPS) is 17.2. The average molecular weight is 443 g/mol. The Labute approximate surface area is 163 Å². The SMILES string of the molecule is CN1C(Br)=C(c2c(F)cccc2F)N(c2ccc(Cl)cc2)C1CC(N)=O. The number of primary amides is 1. The first kappa shape index (κ1) is 18.7. The van der Waals surface area contributed by atoms with Crippen molar-refractivity contribution in [2.75, 3.05) is 11.9 Å². The largest absolute Gasteiger partial charge is 0.370 e. The molecule has 1 amide bonds. The molecule has 3 rings (SSSR count). The Hall–Kier alpha value is -2.12. The Morgan fingerprint density at radius 3 is 2.31 bits per heavy atom. The van der Waals surface area contributed by atoms with Gasteiger partial charge in [0, 0.05) is 17.8 Å². The van der Waals surface area contributed by atoms with Gasteiger partial charge in [0.1, 0.15) is 22.4 Å². The van der Waals surface area contributed by atoms with Crippen LogP contribution < -0.4 is 10.6 Å². The predicted molar refractivity (Wildman–Crippen MR) is 101 cm³/mol. The van der Waals surface area contributed by atoms with Crippen molar-refractivity contribution in [1.29, 1.82) is 0 Å². The number of nitrogens with zero attached hydrogens (tertiary/aromatic N) is 2. The molecule has 1 heterocycles. The van der Waals surface area contributed by atoms with Crippen LogP contribution in [0.15, 0.2) is 47.1 Å². The van der Waals surface area contributed by atoms with Crippen LogP contribution in [-0.4, -0.2) is 24.0 Å². The van der Waals surface area contributed by atoms with Gasteiger partial charge in [-0.2, -0.15) is 0 Å². The quantitative estimate of drug-likeness (QED) is 0.719. The van der Waals surface area contributed by atoms with Gasteiger partial charge in [0.15, 0.2) is 0 Å². The maximum atomic E-state index is 14.5. The molecule has 0 spiro atoms. The molecule has 136 valence electrons. The molecule has 8 heteroatoms. The molecule has 2 N–H and O–H groups in total. The zero-order valence-corrected chi connectivity index (χ0v) is 16.1. The summed E-state index contributed by atoms with van der Waals surface area (Å²) < 4.78 is 29.4. The Kier molecular flexibility index (Phi) is 5.20. The molecular formula is C18H15BrClF2N3O. The standard InChI is InChI=1S/C18H15BrClF2N3O/c1-24-15(9-14(23)26)25(11-7-5-10(20)6-8-11)17(18(24)19)16-12(21)3-2-4-13(16)22/h2-8,15H,9H2,1H3,(H2,23,26). The van der Waals surface area contributed by atoms with Crippen LogP contribution in [0.1, 0.15) is 12.0 Å². The number of amides is 1. The van der Waals surface area contributed by atoms with Crippen LogP contribution in [0.25, 0.3) is 5.70 Å². The average Bonchev–Trinajstić information content (AvgIpc) is 2.80. The number of carbonyl (C=O) groups is 1. The highest BCUT2D eigenvalue weighted by Crippen LogP contribution is 2.43. The fraction of sp³-hybridized carbons (Fsp3) is 0.167. The summed E-state index contributed by atoms with van der Waals surface area (Å²) in [5, 5.41) is 0.523. The number of anilines is 1. The van der Waals surface area contributed by atoms with E-state index in [2.05, 4.69) is 15.9 Å². The molecule has 0 radical (unpaired) electrons. The Balaban J connectivity index is 2.21. The molecule has 0 saturated carbocycles. The van der Waals surface area contributed by atoms with Crippen molar-refractivity contribution >= 4 is 44.8 Å². The Bertz CT molecular complexity index is 868. The fourth-order valence-electron chi connectivity index (χ4n) is 2.98. The van der Waals surface area contributed by atoms with E-state index in [0.717, 1.165) is 0 Å². The first-order valence-corrected chi connectivity index (χ1v) is 8.88. The van der Waals surface area contributed by atoms with Crippen molar-refractivity contribution in [1.82, 2.24) is 4.90 Å². The number of nitrogens with two attached hydrogens (primary N) is 1. The number of benzene rings is 2. The number of carbonyl (C=O) groups excluding carboxylic acids is 1. The van der Waals surface area contributed by atoms with E-state index in [1.807, 2.05) is 0 Å². The number of hydrogen-bond donors (Lipinski definition) is 1. The van der Waals surface area contributed by atoms with Crippen LogP contribution in [0.3, 0.4) is 0 Å². The molecule has 0 saturated heterocycles. The fourth-order valence-corrected chi connectivity index (χ4v) is 3.73. The lowest BCUT2D eigenvalue weighted by Gasteiger charge is -2.32. The van der Waals surface area contributed by atoms with Crippen LogP contribution >= 0.6 is 27.5 Å². The zero-order chi connectivity index (χ0) is 19.0. The predicted octanol–water partition coefficient (Wildman–Crippen LogP) is 4.29. The van der Waals surface area contributed by atoms with E-state index in [-0.39, 0.29) is 17.7 Å². The van der Waals surface area contributed by atoms with Crippen molar-refractivity contribution in [3.63, 3.8) is 0 Å². The van der Waals surface area contributed by atoms with Crippen LogP contribution in [0.2, 0.25) is 5.02 Å². The summed E-state index contributed by atoms with van der Waals surface area (Å²) in [7, 11) is 1.71. The first-order chi connectivity index (χ1) is 12.3. The molecule has 1 unspecified atom stereocenters. The summed E-state index contributed by atoms with van der Waals surface area (Å²) in [6, 6.07) is 10.4. The van der Waals surface area contributed by atoms with E-state index in [9.17, 15) is 13.6 Å².